The number of hydrogen-bond donors (Lipinski definition) is 1. The second kappa shape index (κ2) is 4.95. The van der Waals surface area contributed by atoms with Gasteiger partial charge < -0.3 is 10.1 Å². The lowest BCUT2D eigenvalue weighted by atomic mass is 10.1. The maximum atomic E-state index is 11.3. The van der Waals surface area contributed by atoms with Crippen LogP contribution in [0.15, 0.2) is 12.4 Å². The van der Waals surface area contributed by atoms with E-state index in [0.717, 1.165) is 18.5 Å². The van der Waals surface area contributed by atoms with E-state index in [1.165, 1.54) is 7.11 Å². The van der Waals surface area contributed by atoms with Crippen LogP contribution in [0.1, 0.15) is 23.9 Å². The first-order valence-corrected chi connectivity index (χ1v) is 6.42. The summed E-state index contributed by atoms with van der Waals surface area (Å²) in [5.74, 6) is 0.810. The van der Waals surface area contributed by atoms with Crippen LogP contribution in [-0.2, 0) is 23.0 Å². The van der Waals surface area contributed by atoms with E-state index in [-0.39, 0.29) is 18.4 Å². The van der Waals surface area contributed by atoms with Gasteiger partial charge in [0.2, 0.25) is 5.95 Å². The second-order valence-corrected chi connectivity index (χ2v) is 4.73. The number of nitrogens with one attached hydrogen (secondary N) is 1. The Morgan fingerprint density at radius 3 is 3.15 bits per heavy atom. The molecule has 0 aromatic carbocycles. The summed E-state index contributed by atoms with van der Waals surface area (Å²) in [6.07, 6.45) is 4.79. The van der Waals surface area contributed by atoms with Gasteiger partial charge >= 0.3 is 5.97 Å². The summed E-state index contributed by atoms with van der Waals surface area (Å²) in [5.41, 5.74) is 1.09. The van der Waals surface area contributed by atoms with E-state index in [1.54, 1.807) is 4.68 Å². The minimum atomic E-state index is -0.342. The normalized spacial score (nSPS) is 17.4. The molecule has 0 aliphatic carbocycles. The third-order valence-corrected chi connectivity index (χ3v) is 3.31. The molecule has 1 aliphatic heterocycles. The van der Waals surface area contributed by atoms with Gasteiger partial charge in [-0.05, 0) is 6.42 Å². The number of rotatable bonds is 3. The first-order valence-electron chi connectivity index (χ1n) is 6.42. The topological polar surface area (TPSA) is 86.9 Å². The predicted octanol–water partition coefficient (Wildman–Crippen LogP) is 0.132. The van der Waals surface area contributed by atoms with Crippen LogP contribution in [0.4, 0.5) is 5.95 Å². The fraction of sp³-hybridized carbons (Fsp3) is 0.500. The molecule has 1 N–H and O–H groups in total. The summed E-state index contributed by atoms with van der Waals surface area (Å²) >= 11 is 0. The number of fused-ring (bicyclic) bond motifs is 1. The van der Waals surface area contributed by atoms with Crippen molar-refractivity contribution in [1.29, 1.82) is 0 Å². The molecule has 1 aliphatic rings. The van der Waals surface area contributed by atoms with Crippen LogP contribution >= 0.6 is 0 Å². The Morgan fingerprint density at radius 1 is 1.60 bits per heavy atom. The van der Waals surface area contributed by atoms with E-state index < -0.39 is 0 Å². The lowest BCUT2D eigenvalue weighted by Gasteiger charge is -2.23. The Kier molecular flexibility index (Phi) is 3.13. The van der Waals surface area contributed by atoms with Crippen molar-refractivity contribution in [3.63, 3.8) is 0 Å². The molecule has 2 aromatic rings. The number of hydrogen-bond acceptors (Lipinski definition) is 6. The highest BCUT2D eigenvalue weighted by Crippen LogP contribution is 2.27. The summed E-state index contributed by atoms with van der Waals surface area (Å²) in [6, 6.07) is 0.0962. The highest BCUT2D eigenvalue weighted by Gasteiger charge is 2.25. The lowest BCUT2D eigenvalue weighted by Crippen LogP contribution is -2.24. The first kappa shape index (κ1) is 12.6. The van der Waals surface area contributed by atoms with Gasteiger partial charge in [0.1, 0.15) is 6.42 Å². The van der Waals surface area contributed by atoms with Crippen molar-refractivity contribution in [2.24, 2.45) is 7.05 Å². The standard InChI is InChI=1S/C12H16N6O2/c1-17-7-8(6-14-17)9-3-4-13-12-15-10(16-18(9)12)5-11(19)20-2/h6-7,9H,3-5H2,1-2H3,(H,13,15,16). The first-order chi connectivity index (χ1) is 9.67. The summed E-state index contributed by atoms with van der Waals surface area (Å²) in [4.78, 5) is 15.6. The smallest absolute Gasteiger partial charge is 0.313 e. The molecule has 0 radical (unpaired) electrons. The van der Waals surface area contributed by atoms with Crippen LogP contribution in [0.5, 0.6) is 0 Å². The molecule has 0 saturated heterocycles. The molecule has 1 atom stereocenters. The number of anilines is 1. The minimum absolute atomic E-state index is 0.0813. The lowest BCUT2D eigenvalue weighted by molar-refractivity contribution is -0.139. The van der Waals surface area contributed by atoms with E-state index in [0.29, 0.717) is 11.8 Å². The number of esters is 1. The third kappa shape index (κ3) is 2.24. The number of nitrogens with zero attached hydrogens (tertiary/aromatic N) is 5. The summed E-state index contributed by atoms with van der Waals surface area (Å²) in [5, 5.41) is 11.8. The fourth-order valence-corrected chi connectivity index (χ4v) is 2.34. The Labute approximate surface area is 115 Å². The van der Waals surface area contributed by atoms with Gasteiger partial charge in [-0.25, -0.2) is 4.68 Å². The van der Waals surface area contributed by atoms with E-state index in [4.69, 9.17) is 0 Å². The number of methoxy groups -OCH3 is 1. The van der Waals surface area contributed by atoms with Crippen molar-refractivity contribution < 1.29 is 9.53 Å². The SMILES string of the molecule is COC(=O)Cc1nc2n(n1)C(c1cnn(C)c1)CCN2. The molecule has 8 heteroatoms. The Balaban J connectivity index is 1.90. The average Bonchev–Trinajstić information content (AvgIpc) is 3.03. The molecule has 20 heavy (non-hydrogen) atoms. The van der Waals surface area contributed by atoms with Crippen LogP contribution in [0.2, 0.25) is 0 Å². The quantitative estimate of drug-likeness (QED) is 0.802. The zero-order chi connectivity index (χ0) is 14.1. The van der Waals surface area contributed by atoms with Crippen molar-refractivity contribution >= 4 is 11.9 Å². The van der Waals surface area contributed by atoms with Crippen molar-refractivity contribution in [1.82, 2.24) is 24.5 Å². The molecular formula is C12H16N6O2. The highest BCUT2D eigenvalue weighted by molar-refractivity contribution is 5.71. The van der Waals surface area contributed by atoms with Crippen LogP contribution in [-0.4, -0.2) is 44.2 Å². The molecule has 3 rings (SSSR count). The fourth-order valence-electron chi connectivity index (χ4n) is 2.34. The second-order valence-electron chi connectivity index (χ2n) is 4.73. The Bertz CT molecular complexity index is 632. The molecule has 0 amide bonds. The average molecular weight is 276 g/mol. The Morgan fingerprint density at radius 2 is 2.45 bits per heavy atom. The maximum Gasteiger partial charge on any atom is 0.313 e. The largest absolute Gasteiger partial charge is 0.469 e. The van der Waals surface area contributed by atoms with Crippen molar-refractivity contribution in [2.75, 3.05) is 19.0 Å². The zero-order valence-electron chi connectivity index (χ0n) is 11.4. The van der Waals surface area contributed by atoms with Crippen molar-refractivity contribution in [2.45, 2.75) is 18.9 Å². The van der Waals surface area contributed by atoms with Crippen LogP contribution in [0.3, 0.4) is 0 Å². The molecule has 0 spiro atoms. The van der Waals surface area contributed by atoms with E-state index >= 15 is 0 Å². The van der Waals surface area contributed by atoms with Gasteiger partial charge in [-0.2, -0.15) is 15.2 Å². The van der Waals surface area contributed by atoms with Gasteiger partial charge in [-0.1, -0.05) is 0 Å². The van der Waals surface area contributed by atoms with Crippen molar-refractivity contribution in [3.05, 3.63) is 23.8 Å². The van der Waals surface area contributed by atoms with Gasteiger partial charge in [0.15, 0.2) is 5.82 Å². The van der Waals surface area contributed by atoms with E-state index in [1.807, 2.05) is 24.1 Å². The summed E-state index contributed by atoms with van der Waals surface area (Å²) in [6.45, 7) is 0.815. The van der Waals surface area contributed by atoms with Gasteiger partial charge in [0.05, 0.1) is 19.3 Å². The van der Waals surface area contributed by atoms with E-state index in [9.17, 15) is 4.79 Å². The molecule has 106 valence electrons. The van der Waals surface area contributed by atoms with Gasteiger partial charge in [-0.3, -0.25) is 9.48 Å². The Hall–Kier alpha value is -2.38. The molecule has 0 bridgehead atoms. The third-order valence-electron chi connectivity index (χ3n) is 3.31. The molecular weight excluding hydrogens is 260 g/mol. The number of carbonyl (C=O) groups excluding carboxylic acids is 1. The molecule has 2 aromatic heterocycles. The molecule has 3 heterocycles. The van der Waals surface area contributed by atoms with E-state index in [2.05, 4.69) is 25.2 Å². The number of ether oxygens (including phenoxy) is 1. The van der Waals surface area contributed by atoms with Crippen molar-refractivity contribution in [3.8, 4) is 0 Å². The molecule has 0 saturated carbocycles. The number of aryl methyl sites for hydroxylation is 1. The van der Waals surface area contributed by atoms with Gasteiger partial charge in [0, 0.05) is 25.4 Å². The number of carbonyl (C=O) groups is 1. The summed E-state index contributed by atoms with van der Waals surface area (Å²) in [7, 11) is 3.24. The monoisotopic (exact) mass is 276 g/mol. The minimum Gasteiger partial charge on any atom is -0.469 e. The van der Waals surface area contributed by atoms with Crippen LogP contribution in [0, 0.1) is 0 Å². The zero-order valence-corrected chi connectivity index (χ0v) is 11.4. The molecule has 8 nitrogen and oxygen atoms in total. The highest BCUT2D eigenvalue weighted by atomic mass is 16.5. The summed E-state index contributed by atoms with van der Waals surface area (Å²) < 4.78 is 8.22. The molecule has 0 fully saturated rings. The van der Waals surface area contributed by atoms with Crippen LogP contribution in [0.25, 0.3) is 0 Å². The predicted molar refractivity (Wildman–Crippen MR) is 70.2 cm³/mol. The number of aromatic nitrogens is 5. The van der Waals surface area contributed by atoms with Gasteiger partial charge in [0.25, 0.3) is 0 Å². The van der Waals surface area contributed by atoms with Gasteiger partial charge in [-0.15, -0.1) is 0 Å². The van der Waals surface area contributed by atoms with Crippen LogP contribution < -0.4 is 5.32 Å². The maximum absolute atomic E-state index is 11.3. The molecule has 1 unspecified atom stereocenters.